The van der Waals surface area contributed by atoms with E-state index in [0.717, 1.165) is 30.0 Å². The van der Waals surface area contributed by atoms with Crippen molar-refractivity contribution in [3.63, 3.8) is 0 Å². The molecule has 25 heavy (non-hydrogen) atoms. The maximum atomic E-state index is 5.98. The molecule has 1 unspecified atom stereocenters. The summed E-state index contributed by atoms with van der Waals surface area (Å²) in [5.41, 5.74) is 3.39. The predicted molar refractivity (Wildman–Crippen MR) is 98.3 cm³/mol. The second-order valence-corrected chi connectivity index (χ2v) is 6.28. The summed E-state index contributed by atoms with van der Waals surface area (Å²) >= 11 is 0. The lowest BCUT2D eigenvalue weighted by atomic mass is 10.2. The number of aryl methyl sites for hydroxylation is 1. The zero-order valence-electron chi connectivity index (χ0n) is 14.7. The van der Waals surface area contributed by atoms with Crippen molar-refractivity contribution in [2.45, 2.75) is 39.6 Å². The summed E-state index contributed by atoms with van der Waals surface area (Å²) in [4.78, 5) is 4.12. The van der Waals surface area contributed by atoms with E-state index in [1.807, 2.05) is 47.4 Å². The van der Waals surface area contributed by atoms with Gasteiger partial charge in [-0.05, 0) is 31.5 Å². The molecule has 3 aromatic rings. The number of hydrogen-bond acceptors (Lipinski definition) is 4. The van der Waals surface area contributed by atoms with E-state index < -0.39 is 0 Å². The highest BCUT2D eigenvalue weighted by atomic mass is 16.5. The van der Waals surface area contributed by atoms with E-state index in [-0.39, 0.29) is 0 Å². The minimum atomic E-state index is 0.311. The molecule has 0 bridgehead atoms. The van der Waals surface area contributed by atoms with Gasteiger partial charge in [-0.15, -0.1) is 0 Å². The summed E-state index contributed by atoms with van der Waals surface area (Å²) in [6, 6.07) is 12.4. The number of para-hydroxylation sites is 1. The summed E-state index contributed by atoms with van der Waals surface area (Å²) < 4.78 is 7.95. The first kappa shape index (κ1) is 17.2. The first-order valence-corrected chi connectivity index (χ1v) is 8.53. The van der Waals surface area contributed by atoms with Gasteiger partial charge in [0.05, 0.1) is 12.7 Å². The van der Waals surface area contributed by atoms with E-state index in [0.29, 0.717) is 12.6 Å². The van der Waals surface area contributed by atoms with Crippen LogP contribution in [0.2, 0.25) is 0 Å². The molecular weight excluding hydrogens is 312 g/mol. The van der Waals surface area contributed by atoms with Crippen LogP contribution in [0.1, 0.15) is 23.6 Å². The summed E-state index contributed by atoms with van der Waals surface area (Å²) in [5, 5.41) is 7.88. The van der Waals surface area contributed by atoms with Crippen LogP contribution in [-0.4, -0.2) is 20.8 Å². The van der Waals surface area contributed by atoms with Crippen LogP contribution < -0.4 is 10.1 Å². The summed E-state index contributed by atoms with van der Waals surface area (Å²) in [6.07, 6.45) is 7.54. The van der Waals surface area contributed by atoms with E-state index in [4.69, 9.17) is 4.74 Å². The fraction of sp³-hybridized carbons (Fsp3) is 0.300. The van der Waals surface area contributed by atoms with Crippen molar-refractivity contribution >= 4 is 0 Å². The van der Waals surface area contributed by atoms with E-state index in [1.54, 1.807) is 6.20 Å². The van der Waals surface area contributed by atoms with E-state index in [1.165, 1.54) is 5.56 Å². The molecule has 0 spiro atoms. The number of ether oxygens (including phenoxy) is 1. The number of hydrogen-bond donors (Lipinski definition) is 1. The van der Waals surface area contributed by atoms with Crippen molar-refractivity contribution in [3.8, 4) is 5.75 Å². The van der Waals surface area contributed by atoms with Gasteiger partial charge in [0.15, 0.2) is 0 Å². The summed E-state index contributed by atoms with van der Waals surface area (Å²) in [7, 11) is 0. The van der Waals surface area contributed by atoms with Crippen LogP contribution in [0, 0.1) is 6.92 Å². The van der Waals surface area contributed by atoms with Gasteiger partial charge in [-0.1, -0.05) is 24.3 Å². The third-order valence-corrected chi connectivity index (χ3v) is 3.95. The summed E-state index contributed by atoms with van der Waals surface area (Å²) in [6.45, 7) is 6.33. The molecule has 0 aliphatic heterocycles. The van der Waals surface area contributed by atoms with Crippen LogP contribution in [0.15, 0.2) is 61.2 Å². The van der Waals surface area contributed by atoms with E-state index in [9.17, 15) is 0 Å². The van der Waals surface area contributed by atoms with Crippen molar-refractivity contribution < 1.29 is 4.74 Å². The van der Waals surface area contributed by atoms with Crippen LogP contribution in [0.3, 0.4) is 0 Å². The van der Waals surface area contributed by atoms with Crippen molar-refractivity contribution in [1.29, 1.82) is 0 Å². The third-order valence-electron chi connectivity index (χ3n) is 3.95. The Morgan fingerprint density at radius 2 is 2.04 bits per heavy atom. The second-order valence-electron chi connectivity index (χ2n) is 6.28. The van der Waals surface area contributed by atoms with Gasteiger partial charge in [-0.3, -0.25) is 9.67 Å². The zero-order valence-corrected chi connectivity index (χ0v) is 14.7. The summed E-state index contributed by atoms with van der Waals surface area (Å²) in [5.74, 6) is 0.904. The molecule has 2 aromatic heterocycles. The molecule has 5 nitrogen and oxygen atoms in total. The topological polar surface area (TPSA) is 52.0 Å². The van der Waals surface area contributed by atoms with E-state index >= 15 is 0 Å². The number of pyridine rings is 1. The molecule has 0 saturated carbocycles. The Morgan fingerprint density at radius 3 is 2.80 bits per heavy atom. The largest absolute Gasteiger partial charge is 0.489 e. The fourth-order valence-corrected chi connectivity index (χ4v) is 2.63. The molecule has 0 saturated heterocycles. The molecule has 2 heterocycles. The fourth-order valence-electron chi connectivity index (χ4n) is 2.63. The lowest BCUT2D eigenvalue weighted by Crippen LogP contribution is -2.30. The number of aromatic nitrogens is 3. The first-order chi connectivity index (χ1) is 12.2. The minimum Gasteiger partial charge on any atom is -0.489 e. The highest BCUT2D eigenvalue weighted by Crippen LogP contribution is 2.19. The molecule has 5 heteroatoms. The Balaban J connectivity index is 1.55. The maximum absolute atomic E-state index is 5.98. The smallest absolute Gasteiger partial charge is 0.124 e. The van der Waals surface area contributed by atoms with Crippen molar-refractivity contribution in [2.24, 2.45) is 0 Å². The lowest BCUT2D eigenvalue weighted by molar-refractivity contribution is 0.300. The Morgan fingerprint density at radius 1 is 1.16 bits per heavy atom. The molecule has 1 aromatic carbocycles. The molecule has 0 amide bonds. The number of rotatable bonds is 8. The van der Waals surface area contributed by atoms with Crippen LogP contribution in [-0.2, 0) is 19.7 Å². The molecule has 130 valence electrons. The molecule has 0 aliphatic rings. The van der Waals surface area contributed by atoms with Gasteiger partial charge in [0, 0.05) is 42.3 Å². The van der Waals surface area contributed by atoms with Crippen molar-refractivity contribution in [3.05, 3.63) is 77.9 Å². The molecular formula is C20H24N4O. The standard InChI is InChI=1S/C20H24N4O/c1-16-10-23-24(13-16)14-17(2)22-12-19-7-3-4-8-20(19)25-15-18-6-5-9-21-11-18/h3-11,13,17,22H,12,14-15H2,1-2H3. The monoisotopic (exact) mass is 336 g/mol. The van der Waals surface area contributed by atoms with Crippen LogP contribution in [0.5, 0.6) is 5.75 Å². The Bertz CT molecular complexity index is 785. The van der Waals surface area contributed by atoms with Gasteiger partial charge < -0.3 is 10.1 Å². The first-order valence-electron chi connectivity index (χ1n) is 8.53. The lowest BCUT2D eigenvalue weighted by Gasteiger charge is -2.16. The van der Waals surface area contributed by atoms with Crippen LogP contribution in [0.25, 0.3) is 0 Å². The Kier molecular flexibility index (Phi) is 5.80. The molecule has 0 radical (unpaired) electrons. The SMILES string of the molecule is Cc1cnn(CC(C)NCc2ccccc2OCc2cccnc2)c1. The van der Waals surface area contributed by atoms with Gasteiger partial charge >= 0.3 is 0 Å². The van der Waals surface area contributed by atoms with Crippen molar-refractivity contribution in [1.82, 2.24) is 20.1 Å². The average molecular weight is 336 g/mol. The quantitative estimate of drug-likeness (QED) is 0.685. The number of benzene rings is 1. The molecule has 1 atom stereocenters. The molecule has 0 aliphatic carbocycles. The van der Waals surface area contributed by atoms with E-state index in [2.05, 4.69) is 41.5 Å². The molecule has 1 N–H and O–H groups in total. The number of nitrogens with one attached hydrogen (secondary N) is 1. The van der Waals surface area contributed by atoms with Gasteiger partial charge in [0.1, 0.15) is 12.4 Å². The van der Waals surface area contributed by atoms with Crippen LogP contribution in [0.4, 0.5) is 0 Å². The van der Waals surface area contributed by atoms with Gasteiger partial charge in [-0.25, -0.2) is 0 Å². The van der Waals surface area contributed by atoms with Gasteiger partial charge in [0.25, 0.3) is 0 Å². The molecule has 3 rings (SSSR count). The predicted octanol–water partition coefficient (Wildman–Crippen LogP) is 3.34. The Labute approximate surface area is 148 Å². The van der Waals surface area contributed by atoms with Gasteiger partial charge in [0.2, 0.25) is 0 Å². The van der Waals surface area contributed by atoms with Gasteiger partial charge in [-0.2, -0.15) is 5.10 Å². The third kappa shape index (κ3) is 5.16. The maximum Gasteiger partial charge on any atom is 0.124 e. The van der Waals surface area contributed by atoms with Crippen LogP contribution >= 0.6 is 0 Å². The van der Waals surface area contributed by atoms with Crippen molar-refractivity contribution in [2.75, 3.05) is 0 Å². The Hall–Kier alpha value is -2.66. The molecule has 0 fully saturated rings. The number of nitrogens with zero attached hydrogens (tertiary/aromatic N) is 3. The highest BCUT2D eigenvalue weighted by molar-refractivity contribution is 5.33. The average Bonchev–Trinajstić information content (AvgIpc) is 3.04. The highest BCUT2D eigenvalue weighted by Gasteiger charge is 2.07. The normalized spacial score (nSPS) is 12.1. The zero-order chi connectivity index (χ0) is 17.5. The second kappa shape index (κ2) is 8.44. The minimum absolute atomic E-state index is 0.311.